The van der Waals surface area contributed by atoms with Crippen LogP contribution in [0.4, 0.5) is 0 Å². The van der Waals surface area contributed by atoms with E-state index in [4.69, 9.17) is 22.6 Å². The number of nitriles is 1. The van der Waals surface area contributed by atoms with E-state index in [0.717, 1.165) is 11.1 Å². The molecule has 3 heteroatoms. The maximum Gasteiger partial charge on any atom is 0.0992 e. The van der Waals surface area contributed by atoms with Crippen LogP contribution in [0.1, 0.15) is 16.7 Å². The summed E-state index contributed by atoms with van der Waals surface area (Å²) in [4.78, 5) is 0. The normalized spacial score (nSPS) is 9.50. The lowest BCUT2D eigenvalue weighted by atomic mass is 10.1. The third-order valence-electron chi connectivity index (χ3n) is 1.75. The van der Waals surface area contributed by atoms with Crippen molar-refractivity contribution < 1.29 is 0 Å². The first kappa shape index (κ1) is 9.05. The Hall–Kier alpha value is -1.04. The van der Waals surface area contributed by atoms with Gasteiger partial charge < -0.3 is 5.73 Å². The molecule has 1 rings (SSSR count). The average Bonchev–Trinajstić information content (AvgIpc) is 2.03. The topological polar surface area (TPSA) is 49.8 Å². The molecule has 1 aromatic carbocycles. The van der Waals surface area contributed by atoms with Crippen molar-refractivity contribution in [2.75, 3.05) is 0 Å². The van der Waals surface area contributed by atoms with E-state index in [1.54, 1.807) is 12.1 Å². The molecule has 0 unspecified atom stereocenters. The molecule has 1 aromatic rings. The van der Waals surface area contributed by atoms with Gasteiger partial charge in [0.1, 0.15) is 0 Å². The highest BCUT2D eigenvalue weighted by molar-refractivity contribution is 6.31. The summed E-state index contributed by atoms with van der Waals surface area (Å²) in [5, 5.41) is 9.19. The Bertz CT molecular complexity index is 316. The molecular formula is C9H9ClN2. The van der Waals surface area contributed by atoms with Crippen LogP contribution in [0.5, 0.6) is 0 Å². The van der Waals surface area contributed by atoms with Gasteiger partial charge in [0.15, 0.2) is 0 Å². The van der Waals surface area contributed by atoms with Crippen LogP contribution in [0.15, 0.2) is 12.1 Å². The van der Waals surface area contributed by atoms with Crippen LogP contribution in [-0.2, 0) is 6.54 Å². The van der Waals surface area contributed by atoms with Gasteiger partial charge in [-0.25, -0.2) is 0 Å². The van der Waals surface area contributed by atoms with Gasteiger partial charge in [0.25, 0.3) is 0 Å². The number of halogens is 1. The van der Waals surface area contributed by atoms with Crippen LogP contribution in [0.2, 0.25) is 5.02 Å². The number of aryl methyl sites for hydroxylation is 1. The highest BCUT2D eigenvalue weighted by Gasteiger charge is 2.03. The minimum atomic E-state index is 0.413. The maximum absolute atomic E-state index is 8.61. The number of nitrogens with two attached hydrogens (primary N) is 1. The number of hydrogen-bond acceptors (Lipinski definition) is 2. The van der Waals surface area contributed by atoms with E-state index < -0.39 is 0 Å². The van der Waals surface area contributed by atoms with Crippen LogP contribution in [-0.4, -0.2) is 0 Å². The van der Waals surface area contributed by atoms with Crippen molar-refractivity contribution in [3.8, 4) is 6.07 Å². The van der Waals surface area contributed by atoms with E-state index in [-0.39, 0.29) is 0 Å². The van der Waals surface area contributed by atoms with E-state index in [1.807, 2.05) is 13.0 Å². The van der Waals surface area contributed by atoms with Crippen molar-refractivity contribution in [2.45, 2.75) is 13.5 Å². The number of benzene rings is 1. The van der Waals surface area contributed by atoms with E-state index >= 15 is 0 Å². The van der Waals surface area contributed by atoms with Crippen LogP contribution >= 0.6 is 11.6 Å². The SMILES string of the molecule is Cc1cc(C#N)cc(Cl)c1CN. The van der Waals surface area contributed by atoms with Gasteiger partial charge in [-0.3, -0.25) is 0 Å². The van der Waals surface area contributed by atoms with Crippen molar-refractivity contribution >= 4 is 11.6 Å². The first-order valence-electron chi connectivity index (χ1n) is 3.58. The molecule has 2 N–H and O–H groups in total. The molecule has 0 fully saturated rings. The lowest BCUT2D eigenvalue weighted by Gasteiger charge is -2.05. The first-order valence-corrected chi connectivity index (χ1v) is 3.96. The van der Waals surface area contributed by atoms with Crippen LogP contribution in [0.25, 0.3) is 0 Å². The summed E-state index contributed by atoms with van der Waals surface area (Å²) in [7, 11) is 0. The minimum Gasteiger partial charge on any atom is -0.326 e. The summed E-state index contributed by atoms with van der Waals surface area (Å²) in [6.07, 6.45) is 0. The number of hydrogen-bond donors (Lipinski definition) is 1. The van der Waals surface area contributed by atoms with Gasteiger partial charge in [-0.15, -0.1) is 0 Å². The van der Waals surface area contributed by atoms with Gasteiger partial charge in [-0.2, -0.15) is 5.26 Å². The summed E-state index contributed by atoms with van der Waals surface area (Å²) in [5.74, 6) is 0. The van der Waals surface area contributed by atoms with E-state index in [9.17, 15) is 0 Å². The molecule has 2 nitrogen and oxygen atoms in total. The second-order valence-electron chi connectivity index (χ2n) is 2.57. The Morgan fingerprint density at radius 3 is 2.67 bits per heavy atom. The molecule has 12 heavy (non-hydrogen) atoms. The summed E-state index contributed by atoms with van der Waals surface area (Å²) in [6, 6.07) is 5.46. The van der Waals surface area contributed by atoms with E-state index in [0.29, 0.717) is 17.1 Å². The zero-order valence-corrected chi connectivity index (χ0v) is 7.52. The van der Waals surface area contributed by atoms with Crippen molar-refractivity contribution in [1.82, 2.24) is 0 Å². The van der Waals surface area contributed by atoms with Crippen LogP contribution < -0.4 is 5.73 Å². The Kier molecular flexibility index (Phi) is 2.69. The average molecular weight is 181 g/mol. The lowest BCUT2D eigenvalue weighted by molar-refractivity contribution is 1.05. The van der Waals surface area contributed by atoms with Crippen LogP contribution in [0.3, 0.4) is 0 Å². The van der Waals surface area contributed by atoms with E-state index in [2.05, 4.69) is 0 Å². The molecule has 0 saturated carbocycles. The maximum atomic E-state index is 8.61. The summed E-state index contributed by atoms with van der Waals surface area (Å²) >= 11 is 5.88. The predicted molar refractivity (Wildman–Crippen MR) is 48.8 cm³/mol. The quantitative estimate of drug-likeness (QED) is 0.719. The summed E-state index contributed by atoms with van der Waals surface area (Å²) in [6.45, 7) is 2.31. The number of nitrogens with zero attached hydrogens (tertiary/aromatic N) is 1. The highest BCUT2D eigenvalue weighted by Crippen LogP contribution is 2.21. The highest BCUT2D eigenvalue weighted by atomic mass is 35.5. The smallest absolute Gasteiger partial charge is 0.0992 e. The summed E-state index contributed by atoms with van der Waals surface area (Å²) in [5.41, 5.74) is 7.94. The van der Waals surface area contributed by atoms with Gasteiger partial charge >= 0.3 is 0 Å². The molecule has 0 bridgehead atoms. The molecule has 0 aliphatic heterocycles. The third kappa shape index (κ3) is 1.58. The summed E-state index contributed by atoms with van der Waals surface area (Å²) < 4.78 is 0. The Morgan fingerprint density at radius 2 is 2.25 bits per heavy atom. The molecule has 0 atom stereocenters. The van der Waals surface area contributed by atoms with Crippen LogP contribution in [0, 0.1) is 18.3 Å². The second kappa shape index (κ2) is 3.57. The van der Waals surface area contributed by atoms with Crippen molar-refractivity contribution in [3.05, 3.63) is 33.8 Å². The van der Waals surface area contributed by atoms with Crippen molar-refractivity contribution in [3.63, 3.8) is 0 Å². The molecular weight excluding hydrogens is 172 g/mol. The van der Waals surface area contributed by atoms with Gasteiger partial charge in [0.2, 0.25) is 0 Å². The fourth-order valence-corrected chi connectivity index (χ4v) is 1.44. The predicted octanol–water partition coefficient (Wildman–Crippen LogP) is 1.98. The lowest BCUT2D eigenvalue weighted by Crippen LogP contribution is -2.00. The molecule has 0 aromatic heterocycles. The molecule has 0 aliphatic carbocycles. The fourth-order valence-electron chi connectivity index (χ4n) is 1.10. The molecule has 0 heterocycles. The zero-order chi connectivity index (χ0) is 9.14. The van der Waals surface area contributed by atoms with Gasteiger partial charge in [0, 0.05) is 11.6 Å². The van der Waals surface area contributed by atoms with Crippen molar-refractivity contribution in [2.24, 2.45) is 5.73 Å². The molecule has 0 spiro atoms. The van der Waals surface area contributed by atoms with Crippen molar-refractivity contribution in [1.29, 1.82) is 5.26 Å². The van der Waals surface area contributed by atoms with Gasteiger partial charge in [-0.05, 0) is 30.2 Å². The molecule has 0 aliphatic rings. The molecule has 62 valence electrons. The molecule has 0 radical (unpaired) electrons. The first-order chi connectivity index (χ1) is 5.69. The van der Waals surface area contributed by atoms with E-state index in [1.165, 1.54) is 0 Å². The zero-order valence-electron chi connectivity index (χ0n) is 6.76. The third-order valence-corrected chi connectivity index (χ3v) is 2.09. The minimum absolute atomic E-state index is 0.413. The Morgan fingerprint density at radius 1 is 1.58 bits per heavy atom. The number of rotatable bonds is 1. The van der Waals surface area contributed by atoms with Gasteiger partial charge in [0.05, 0.1) is 11.6 Å². The fraction of sp³-hybridized carbons (Fsp3) is 0.222. The molecule has 0 saturated heterocycles. The monoisotopic (exact) mass is 180 g/mol. The van der Waals surface area contributed by atoms with Gasteiger partial charge in [-0.1, -0.05) is 11.6 Å². The Balaban J connectivity index is 3.30. The standard InChI is InChI=1S/C9H9ClN2/c1-6-2-7(4-11)3-9(10)8(6)5-12/h2-3H,5,12H2,1H3. The Labute approximate surface area is 76.6 Å². The largest absolute Gasteiger partial charge is 0.326 e. The second-order valence-corrected chi connectivity index (χ2v) is 2.98. The molecule has 0 amide bonds.